The summed E-state index contributed by atoms with van der Waals surface area (Å²) in [6.45, 7) is 5.68. The molecule has 0 fully saturated rings. The summed E-state index contributed by atoms with van der Waals surface area (Å²) >= 11 is 0. The summed E-state index contributed by atoms with van der Waals surface area (Å²) in [6.07, 6.45) is -0.543. The molecule has 0 aliphatic carbocycles. The maximum Gasteiger partial charge on any atom is 0.424 e. The number of carbonyl (C=O) groups excluding carboxylic acids is 1. The van der Waals surface area contributed by atoms with E-state index < -0.39 is 11.7 Å². The topological polar surface area (TPSA) is 64.8 Å². The number of nitrogens with two attached hydrogens (primary N) is 1. The van der Waals surface area contributed by atoms with Gasteiger partial charge >= 0.3 is 6.09 Å². The second-order valence-electron chi connectivity index (χ2n) is 4.96. The van der Waals surface area contributed by atoms with E-state index in [0.29, 0.717) is 6.54 Å². The van der Waals surface area contributed by atoms with E-state index in [0.717, 1.165) is 16.3 Å². The number of rotatable bonds is 3. The molecule has 0 aromatic heterocycles. The number of ether oxygens (including phenoxy) is 2. The van der Waals surface area contributed by atoms with Gasteiger partial charge in [0, 0.05) is 0 Å². The number of methoxy groups -OCH3 is 1. The zero-order valence-electron chi connectivity index (χ0n) is 11.3. The maximum atomic E-state index is 11.6. The lowest BCUT2D eigenvalue weighted by atomic mass is 10.2. The minimum Gasteiger partial charge on any atom is -0.497 e. The van der Waals surface area contributed by atoms with Crippen molar-refractivity contribution in [3.63, 3.8) is 0 Å². The third-order valence-electron chi connectivity index (χ3n) is 2.14. The predicted octanol–water partition coefficient (Wildman–Crippen LogP) is 2.31. The first-order valence-corrected chi connectivity index (χ1v) is 5.70. The molecular weight excluding hydrogens is 232 g/mol. The van der Waals surface area contributed by atoms with Gasteiger partial charge in [-0.05, 0) is 38.5 Å². The van der Waals surface area contributed by atoms with E-state index in [-0.39, 0.29) is 0 Å². The molecular formula is C13H20N2O3. The summed E-state index contributed by atoms with van der Waals surface area (Å²) in [7, 11) is 1.60. The molecule has 1 rings (SSSR count). The van der Waals surface area contributed by atoms with Crippen molar-refractivity contribution in [2.24, 2.45) is 5.84 Å². The van der Waals surface area contributed by atoms with E-state index >= 15 is 0 Å². The fourth-order valence-corrected chi connectivity index (χ4v) is 1.31. The van der Waals surface area contributed by atoms with Crippen LogP contribution in [0.1, 0.15) is 26.3 Å². The summed E-state index contributed by atoms with van der Waals surface area (Å²) in [6, 6.07) is 7.34. The van der Waals surface area contributed by atoms with Crippen LogP contribution in [0.15, 0.2) is 24.3 Å². The molecule has 18 heavy (non-hydrogen) atoms. The van der Waals surface area contributed by atoms with Crippen molar-refractivity contribution < 1.29 is 14.3 Å². The Labute approximate surface area is 107 Å². The van der Waals surface area contributed by atoms with Gasteiger partial charge < -0.3 is 9.47 Å². The normalized spacial score (nSPS) is 10.9. The summed E-state index contributed by atoms with van der Waals surface area (Å²) in [5.41, 5.74) is 0.360. The van der Waals surface area contributed by atoms with Crippen molar-refractivity contribution >= 4 is 6.09 Å². The zero-order valence-corrected chi connectivity index (χ0v) is 11.3. The number of hydrogen-bond donors (Lipinski definition) is 1. The predicted molar refractivity (Wildman–Crippen MR) is 69.0 cm³/mol. The molecule has 0 heterocycles. The van der Waals surface area contributed by atoms with Crippen LogP contribution in [0.3, 0.4) is 0 Å². The minimum atomic E-state index is -0.547. The fraction of sp³-hybridized carbons (Fsp3) is 0.462. The third-order valence-corrected chi connectivity index (χ3v) is 2.14. The van der Waals surface area contributed by atoms with Gasteiger partial charge in [-0.25, -0.2) is 15.6 Å². The van der Waals surface area contributed by atoms with Gasteiger partial charge in [-0.1, -0.05) is 12.1 Å². The van der Waals surface area contributed by atoms with Crippen molar-refractivity contribution in [1.29, 1.82) is 0 Å². The molecule has 100 valence electrons. The van der Waals surface area contributed by atoms with Gasteiger partial charge in [0.25, 0.3) is 0 Å². The second kappa shape index (κ2) is 5.73. The maximum absolute atomic E-state index is 11.6. The van der Waals surface area contributed by atoms with Crippen molar-refractivity contribution in [2.45, 2.75) is 32.9 Å². The SMILES string of the molecule is COc1ccc(CN(N)C(=O)OC(C)(C)C)cc1. The molecule has 0 saturated heterocycles. The molecule has 5 nitrogen and oxygen atoms in total. The highest BCUT2D eigenvalue weighted by atomic mass is 16.6. The van der Waals surface area contributed by atoms with Crippen molar-refractivity contribution in [1.82, 2.24) is 5.01 Å². The van der Waals surface area contributed by atoms with E-state index in [1.807, 2.05) is 24.3 Å². The molecule has 5 heteroatoms. The quantitative estimate of drug-likeness (QED) is 0.509. The Morgan fingerprint density at radius 3 is 2.28 bits per heavy atom. The highest BCUT2D eigenvalue weighted by molar-refractivity contribution is 5.67. The van der Waals surface area contributed by atoms with Gasteiger partial charge in [0.1, 0.15) is 11.4 Å². The first-order valence-electron chi connectivity index (χ1n) is 5.70. The van der Waals surface area contributed by atoms with Crippen molar-refractivity contribution in [3.05, 3.63) is 29.8 Å². The van der Waals surface area contributed by atoms with Crippen LogP contribution in [0.25, 0.3) is 0 Å². The second-order valence-corrected chi connectivity index (χ2v) is 4.96. The average Bonchev–Trinajstić information content (AvgIpc) is 2.27. The third kappa shape index (κ3) is 4.63. The molecule has 0 saturated carbocycles. The van der Waals surface area contributed by atoms with E-state index in [9.17, 15) is 4.79 Å². The van der Waals surface area contributed by atoms with Crippen LogP contribution in [-0.4, -0.2) is 23.8 Å². The highest BCUT2D eigenvalue weighted by Gasteiger charge is 2.20. The molecule has 2 N–H and O–H groups in total. The summed E-state index contributed by atoms with van der Waals surface area (Å²) in [4.78, 5) is 11.6. The number of amides is 1. The molecule has 0 spiro atoms. The van der Waals surface area contributed by atoms with Crippen LogP contribution < -0.4 is 10.6 Å². The van der Waals surface area contributed by atoms with Crippen molar-refractivity contribution in [2.75, 3.05) is 7.11 Å². The smallest absolute Gasteiger partial charge is 0.424 e. The standard InChI is InChI=1S/C13H20N2O3/c1-13(2,3)18-12(16)15(14)9-10-5-7-11(17-4)8-6-10/h5-8H,9,14H2,1-4H3. The summed E-state index contributed by atoms with van der Waals surface area (Å²) in [5.74, 6) is 6.42. The zero-order chi connectivity index (χ0) is 13.8. The Morgan fingerprint density at radius 2 is 1.83 bits per heavy atom. The summed E-state index contributed by atoms with van der Waals surface area (Å²) < 4.78 is 10.2. The van der Waals surface area contributed by atoms with Crippen LogP contribution in [0.2, 0.25) is 0 Å². The number of carbonyl (C=O) groups is 1. The molecule has 1 amide bonds. The molecule has 0 aliphatic heterocycles. The van der Waals surface area contributed by atoms with Gasteiger partial charge in [-0.2, -0.15) is 0 Å². The lowest BCUT2D eigenvalue weighted by Gasteiger charge is -2.24. The van der Waals surface area contributed by atoms with E-state index in [4.69, 9.17) is 15.3 Å². The Hall–Kier alpha value is -1.75. The Kier molecular flexibility index (Phi) is 4.55. The van der Waals surface area contributed by atoms with Crippen LogP contribution >= 0.6 is 0 Å². The molecule has 0 bridgehead atoms. The average molecular weight is 252 g/mol. The van der Waals surface area contributed by atoms with Gasteiger partial charge in [-0.15, -0.1) is 0 Å². The minimum absolute atomic E-state index is 0.291. The highest BCUT2D eigenvalue weighted by Crippen LogP contribution is 2.13. The summed E-state index contributed by atoms with van der Waals surface area (Å²) in [5, 5.41) is 1.05. The van der Waals surface area contributed by atoms with Gasteiger partial charge in [-0.3, -0.25) is 0 Å². The van der Waals surface area contributed by atoms with E-state index in [1.165, 1.54) is 0 Å². The largest absolute Gasteiger partial charge is 0.497 e. The molecule has 1 aromatic carbocycles. The first kappa shape index (κ1) is 14.3. The van der Waals surface area contributed by atoms with Crippen LogP contribution in [0.4, 0.5) is 4.79 Å². The van der Waals surface area contributed by atoms with Gasteiger partial charge in [0.15, 0.2) is 0 Å². The molecule has 0 aliphatic rings. The van der Waals surface area contributed by atoms with E-state index in [2.05, 4.69) is 0 Å². The fourth-order valence-electron chi connectivity index (χ4n) is 1.31. The first-order chi connectivity index (χ1) is 8.31. The lowest BCUT2D eigenvalue weighted by molar-refractivity contribution is 0.0231. The molecule has 0 radical (unpaired) electrons. The van der Waals surface area contributed by atoms with Crippen LogP contribution in [-0.2, 0) is 11.3 Å². The van der Waals surface area contributed by atoms with Crippen LogP contribution in [0, 0.1) is 0 Å². The van der Waals surface area contributed by atoms with Gasteiger partial charge in [0.2, 0.25) is 0 Å². The lowest BCUT2D eigenvalue weighted by Crippen LogP contribution is -2.40. The number of hydrogen-bond acceptors (Lipinski definition) is 4. The number of nitrogens with zero attached hydrogens (tertiary/aromatic N) is 1. The molecule has 0 unspecified atom stereocenters. The number of hydrazine groups is 1. The van der Waals surface area contributed by atoms with E-state index in [1.54, 1.807) is 27.9 Å². The Morgan fingerprint density at radius 1 is 1.28 bits per heavy atom. The monoisotopic (exact) mass is 252 g/mol. The Balaban J connectivity index is 2.58. The number of benzene rings is 1. The molecule has 1 aromatic rings. The van der Waals surface area contributed by atoms with Gasteiger partial charge in [0.05, 0.1) is 13.7 Å². The Bertz CT molecular complexity index is 396. The van der Waals surface area contributed by atoms with Crippen molar-refractivity contribution in [3.8, 4) is 5.75 Å². The molecule has 0 atom stereocenters. The van der Waals surface area contributed by atoms with Crippen LogP contribution in [0.5, 0.6) is 5.75 Å².